The van der Waals surface area contributed by atoms with Crippen molar-refractivity contribution in [2.45, 2.75) is 44.6 Å². The Morgan fingerprint density at radius 3 is 3.09 bits per heavy atom. The van der Waals surface area contributed by atoms with Gasteiger partial charge >= 0.3 is 5.97 Å². The number of oxazole rings is 1. The first-order valence-corrected chi connectivity index (χ1v) is 12.4. The zero-order chi connectivity index (χ0) is 24.2. The summed E-state index contributed by atoms with van der Waals surface area (Å²) >= 11 is 0. The highest BCUT2D eigenvalue weighted by molar-refractivity contribution is 5.98. The number of nitrogens with zero attached hydrogens (tertiary/aromatic N) is 3. The number of carboxylic acids is 1. The third-order valence-electron chi connectivity index (χ3n) is 7.06. The van der Waals surface area contributed by atoms with Gasteiger partial charge in [0.05, 0.1) is 0 Å². The fraction of sp³-hybridized carbons (Fsp3) is 0.462. The van der Waals surface area contributed by atoms with Crippen molar-refractivity contribution in [2.75, 3.05) is 31.5 Å². The number of anilines is 1. The molecule has 5 rings (SSSR count). The lowest BCUT2D eigenvalue weighted by Crippen LogP contribution is -2.43. The normalized spacial score (nSPS) is 18.7. The number of benzene rings is 1. The Kier molecular flexibility index (Phi) is 6.94. The first kappa shape index (κ1) is 23.3. The Morgan fingerprint density at radius 2 is 2.20 bits per heavy atom. The molecule has 1 fully saturated rings. The smallest absolute Gasteiger partial charge is 0.326 e. The molecule has 2 aliphatic heterocycles. The van der Waals surface area contributed by atoms with Gasteiger partial charge in [0.15, 0.2) is 12.0 Å². The second-order valence-electron chi connectivity index (χ2n) is 9.52. The summed E-state index contributed by atoms with van der Waals surface area (Å²) in [5, 5.41) is 15.7. The van der Waals surface area contributed by atoms with E-state index in [-0.39, 0.29) is 0 Å². The Balaban J connectivity index is 1.09. The summed E-state index contributed by atoms with van der Waals surface area (Å²) in [6, 6.07) is 8.29. The first-order valence-electron chi connectivity index (χ1n) is 12.4. The monoisotopic (exact) mass is 477 g/mol. The number of aromatic nitrogens is 2. The van der Waals surface area contributed by atoms with Crippen LogP contribution in [0.5, 0.6) is 0 Å². The summed E-state index contributed by atoms with van der Waals surface area (Å²) in [7, 11) is 0. The molecular weight excluding hydrogens is 446 g/mol. The average molecular weight is 478 g/mol. The molecule has 0 spiro atoms. The number of aliphatic carboxylic acids is 1. The second kappa shape index (κ2) is 10.4. The van der Waals surface area contributed by atoms with Gasteiger partial charge in [0.25, 0.3) is 5.91 Å². The molecule has 3 aromatic rings. The molecule has 35 heavy (non-hydrogen) atoms. The number of likely N-dealkylation sites (tertiary alicyclic amines) is 1. The molecule has 2 aromatic heterocycles. The van der Waals surface area contributed by atoms with Crippen LogP contribution in [0.3, 0.4) is 0 Å². The third kappa shape index (κ3) is 5.62. The maximum atomic E-state index is 12.6. The molecule has 9 heteroatoms. The van der Waals surface area contributed by atoms with E-state index in [0.29, 0.717) is 35.5 Å². The van der Waals surface area contributed by atoms with Crippen molar-refractivity contribution in [1.29, 1.82) is 0 Å². The van der Waals surface area contributed by atoms with E-state index in [2.05, 4.69) is 32.7 Å². The van der Waals surface area contributed by atoms with Crippen LogP contribution in [-0.4, -0.2) is 64.1 Å². The van der Waals surface area contributed by atoms with Gasteiger partial charge in [-0.15, -0.1) is 0 Å². The molecule has 184 valence electrons. The molecule has 1 amide bonds. The Labute approximate surface area is 203 Å². The molecule has 3 N–H and O–H groups in total. The van der Waals surface area contributed by atoms with E-state index in [4.69, 9.17) is 9.40 Å². The topological polar surface area (TPSA) is 121 Å². The van der Waals surface area contributed by atoms with Gasteiger partial charge in [0.2, 0.25) is 0 Å². The molecule has 0 unspecified atom stereocenters. The molecule has 9 nitrogen and oxygen atoms in total. The van der Waals surface area contributed by atoms with Crippen LogP contribution < -0.4 is 10.6 Å². The quantitative estimate of drug-likeness (QED) is 0.430. The van der Waals surface area contributed by atoms with Gasteiger partial charge in [0.1, 0.15) is 17.4 Å². The van der Waals surface area contributed by atoms with Crippen molar-refractivity contribution < 1.29 is 19.1 Å². The second-order valence-corrected chi connectivity index (χ2v) is 9.52. The van der Waals surface area contributed by atoms with Gasteiger partial charge in [-0.05, 0) is 80.8 Å². The van der Waals surface area contributed by atoms with Crippen molar-refractivity contribution in [3.8, 4) is 0 Å². The van der Waals surface area contributed by atoms with Crippen LogP contribution in [0.2, 0.25) is 0 Å². The lowest BCUT2D eigenvalue weighted by atomic mass is 10.00. The molecule has 1 saturated heterocycles. The zero-order valence-electron chi connectivity index (χ0n) is 19.7. The van der Waals surface area contributed by atoms with Crippen molar-refractivity contribution in [2.24, 2.45) is 5.92 Å². The summed E-state index contributed by atoms with van der Waals surface area (Å²) in [6.45, 7) is 3.53. The minimum Gasteiger partial charge on any atom is -0.480 e. The molecule has 4 heterocycles. The van der Waals surface area contributed by atoms with E-state index < -0.39 is 17.9 Å². The lowest BCUT2D eigenvalue weighted by molar-refractivity contribution is -0.139. The highest BCUT2D eigenvalue weighted by atomic mass is 16.4. The number of nitrogens with one attached hydrogen (secondary N) is 2. The maximum Gasteiger partial charge on any atom is 0.326 e. The number of amides is 1. The van der Waals surface area contributed by atoms with Crippen molar-refractivity contribution in [3.05, 3.63) is 53.5 Å². The van der Waals surface area contributed by atoms with E-state index in [1.807, 2.05) is 0 Å². The number of fused-ring (bicyclic) bond motifs is 2. The van der Waals surface area contributed by atoms with Gasteiger partial charge in [0, 0.05) is 30.9 Å². The highest BCUT2D eigenvalue weighted by Crippen LogP contribution is 2.24. The largest absolute Gasteiger partial charge is 0.480 e. The van der Waals surface area contributed by atoms with E-state index in [0.717, 1.165) is 63.3 Å². The SMILES string of the molecule is O=C(N[C@H](CCN1CC[C@@H](CCc2ccc3c(n2)NCCC3)C1)C(=O)O)c1ccc2ocnc2c1. The summed E-state index contributed by atoms with van der Waals surface area (Å²) in [5.41, 5.74) is 3.96. The summed E-state index contributed by atoms with van der Waals surface area (Å²) < 4.78 is 5.19. The standard InChI is InChI=1S/C26H31N5O4/c32-25(19-5-8-23-22(14-19)28-16-35-23)30-21(26(33)34)10-13-31-12-9-17(15-31)3-6-20-7-4-18-2-1-11-27-24(18)29-20/h4-5,7-8,14,16-17,21H,1-3,6,9-13,15H2,(H,27,29)(H,30,32)(H,33,34)/t17-,21-/m1/s1. The Hall–Kier alpha value is -3.46. The molecule has 2 aliphatic rings. The third-order valence-corrected chi connectivity index (χ3v) is 7.06. The number of carbonyl (C=O) groups is 2. The number of carboxylic acid groups (broad SMARTS) is 1. The predicted octanol–water partition coefficient (Wildman–Crippen LogP) is 3.11. The summed E-state index contributed by atoms with van der Waals surface area (Å²) in [5.74, 6) is 0.176. The van der Waals surface area contributed by atoms with Crippen LogP contribution >= 0.6 is 0 Å². The molecule has 2 atom stereocenters. The van der Waals surface area contributed by atoms with Crippen LogP contribution in [-0.2, 0) is 17.6 Å². The average Bonchev–Trinajstić information content (AvgIpc) is 3.53. The van der Waals surface area contributed by atoms with Gasteiger partial charge in [-0.1, -0.05) is 6.07 Å². The van der Waals surface area contributed by atoms with E-state index in [1.165, 1.54) is 12.0 Å². The van der Waals surface area contributed by atoms with Gasteiger partial charge in [-0.25, -0.2) is 14.8 Å². The maximum absolute atomic E-state index is 12.6. The van der Waals surface area contributed by atoms with Crippen LogP contribution in [0.1, 0.15) is 47.3 Å². The first-order chi connectivity index (χ1) is 17.0. The van der Waals surface area contributed by atoms with Crippen LogP contribution in [0.15, 0.2) is 41.1 Å². The van der Waals surface area contributed by atoms with Crippen LogP contribution in [0.25, 0.3) is 11.1 Å². The fourth-order valence-corrected chi connectivity index (χ4v) is 5.02. The predicted molar refractivity (Wildman–Crippen MR) is 131 cm³/mol. The lowest BCUT2D eigenvalue weighted by Gasteiger charge is -2.20. The fourth-order valence-electron chi connectivity index (χ4n) is 5.02. The van der Waals surface area contributed by atoms with E-state index in [9.17, 15) is 14.7 Å². The minimum atomic E-state index is -1.02. The Bertz CT molecular complexity index is 1210. The van der Waals surface area contributed by atoms with E-state index in [1.54, 1.807) is 18.2 Å². The number of hydrogen-bond acceptors (Lipinski definition) is 7. The molecule has 0 bridgehead atoms. The molecular formula is C26H31N5O4. The number of rotatable bonds is 9. The number of pyridine rings is 1. The van der Waals surface area contributed by atoms with E-state index >= 15 is 0 Å². The van der Waals surface area contributed by atoms with Gasteiger partial charge < -0.3 is 25.1 Å². The molecule has 1 aromatic carbocycles. The Morgan fingerprint density at radius 1 is 1.29 bits per heavy atom. The zero-order valence-corrected chi connectivity index (χ0v) is 19.7. The molecule has 0 aliphatic carbocycles. The van der Waals surface area contributed by atoms with Crippen LogP contribution in [0, 0.1) is 5.92 Å². The number of carbonyl (C=O) groups excluding carboxylic acids is 1. The summed E-state index contributed by atoms with van der Waals surface area (Å²) in [6.07, 6.45) is 7.07. The number of hydrogen-bond donors (Lipinski definition) is 3. The molecule has 0 saturated carbocycles. The van der Waals surface area contributed by atoms with Crippen molar-refractivity contribution >= 4 is 28.8 Å². The summed E-state index contributed by atoms with van der Waals surface area (Å²) in [4.78, 5) is 35.6. The highest BCUT2D eigenvalue weighted by Gasteiger charge is 2.26. The van der Waals surface area contributed by atoms with Gasteiger partial charge in [-0.2, -0.15) is 0 Å². The van der Waals surface area contributed by atoms with Crippen molar-refractivity contribution in [1.82, 2.24) is 20.2 Å². The number of aryl methyl sites for hydroxylation is 2. The molecule has 0 radical (unpaired) electrons. The van der Waals surface area contributed by atoms with Gasteiger partial charge in [-0.3, -0.25) is 4.79 Å². The van der Waals surface area contributed by atoms with Crippen LogP contribution in [0.4, 0.5) is 5.82 Å². The minimum absolute atomic E-state index is 0.359. The van der Waals surface area contributed by atoms with Crippen molar-refractivity contribution in [3.63, 3.8) is 0 Å².